The normalized spacial score (nSPS) is 15.8. The van der Waals surface area contributed by atoms with Crippen molar-refractivity contribution in [2.24, 2.45) is 0 Å². The molecule has 7 heteroatoms. The van der Waals surface area contributed by atoms with Crippen LogP contribution in [0.2, 0.25) is 0 Å². The Bertz CT molecular complexity index is 837. The van der Waals surface area contributed by atoms with Crippen LogP contribution in [0.3, 0.4) is 0 Å². The van der Waals surface area contributed by atoms with Crippen LogP contribution in [0, 0.1) is 5.82 Å². The summed E-state index contributed by atoms with van der Waals surface area (Å²) < 4.78 is 19.5. The van der Waals surface area contributed by atoms with E-state index in [2.05, 4.69) is 27.0 Å². The smallest absolute Gasteiger partial charge is 0.257 e. The molecule has 156 valence electrons. The number of aromatic nitrogens is 1. The second-order valence-corrected chi connectivity index (χ2v) is 7.11. The first kappa shape index (κ1) is 21.0. The predicted molar refractivity (Wildman–Crippen MR) is 112 cm³/mol. The Morgan fingerprint density at radius 3 is 2.69 bits per heavy atom. The fraction of sp³-hybridized carbons (Fsp3) is 0.455. The molecule has 1 amide bonds. The van der Waals surface area contributed by atoms with Crippen molar-refractivity contribution in [1.29, 1.82) is 0 Å². The molecule has 1 fully saturated rings. The topological polar surface area (TPSA) is 57.7 Å². The standard InChI is InChI=1S/C22H29FN4O2/c1-4-26-11-13-27(14-12-26)20-9-8-17(23)15-19(20)16(3)25-21(28)18-7-6-10-24-22(18)29-5-2/h6-10,15-16H,4-5,11-14H2,1-3H3,(H,25,28). The van der Waals surface area contributed by atoms with Crippen LogP contribution >= 0.6 is 0 Å². The van der Waals surface area contributed by atoms with E-state index < -0.39 is 0 Å². The number of likely N-dealkylation sites (N-methyl/N-ethyl adjacent to an activating group) is 1. The fourth-order valence-electron chi connectivity index (χ4n) is 3.63. The van der Waals surface area contributed by atoms with Crippen LogP contribution in [0.25, 0.3) is 0 Å². The lowest BCUT2D eigenvalue weighted by Gasteiger charge is -2.37. The van der Waals surface area contributed by atoms with Crippen LogP contribution in [-0.4, -0.2) is 55.1 Å². The molecule has 1 aromatic carbocycles. The minimum Gasteiger partial charge on any atom is -0.477 e. The lowest BCUT2D eigenvalue weighted by atomic mass is 10.0. The number of benzene rings is 1. The number of piperazine rings is 1. The van der Waals surface area contributed by atoms with E-state index in [1.807, 2.05) is 19.9 Å². The van der Waals surface area contributed by atoms with Crippen molar-refractivity contribution in [1.82, 2.24) is 15.2 Å². The molecule has 1 aromatic heterocycles. The number of anilines is 1. The van der Waals surface area contributed by atoms with Gasteiger partial charge in [-0.2, -0.15) is 0 Å². The van der Waals surface area contributed by atoms with Crippen molar-refractivity contribution in [3.8, 4) is 5.88 Å². The molecular formula is C22H29FN4O2. The Morgan fingerprint density at radius 1 is 1.24 bits per heavy atom. The Kier molecular flexibility index (Phi) is 7.04. The number of nitrogens with one attached hydrogen (secondary N) is 1. The van der Waals surface area contributed by atoms with Gasteiger partial charge in [0.1, 0.15) is 11.4 Å². The van der Waals surface area contributed by atoms with Gasteiger partial charge in [-0.3, -0.25) is 4.79 Å². The lowest BCUT2D eigenvalue weighted by molar-refractivity contribution is 0.0935. The third-order valence-corrected chi connectivity index (χ3v) is 5.26. The van der Waals surface area contributed by atoms with Crippen LogP contribution in [0.5, 0.6) is 5.88 Å². The molecule has 6 nitrogen and oxygen atoms in total. The number of nitrogens with zero attached hydrogens (tertiary/aromatic N) is 3. The van der Waals surface area contributed by atoms with Crippen molar-refractivity contribution >= 4 is 11.6 Å². The largest absolute Gasteiger partial charge is 0.477 e. The van der Waals surface area contributed by atoms with E-state index in [9.17, 15) is 9.18 Å². The highest BCUT2D eigenvalue weighted by atomic mass is 19.1. The van der Waals surface area contributed by atoms with Gasteiger partial charge in [0.15, 0.2) is 0 Å². The molecule has 0 aliphatic carbocycles. The first-order valence-corrected chi connectivity index (χ1v) is 10.2. The highest BCUT2D eigenvalue weighted by Gasteiger charge is 2.23. The average molecular weight is 400 g/mol. The van der Waals surface area contributed by atoms with Gasteiger partial charge in [-0.1, -0.05) is 6.92 Å². The fourth-order valence-corrected chi connectivity index (χ4v) is 3.63. The quantitative estimate of drug-likeness (QED) is 0.773. The molecule has 1 aliphatic rings. The number of carbonyl (C=O) groups excluding carboxylic acids is 1. The number of hydrogen-bond acceptors (Lipinski definition) is 5. The zero-order valence-corrected chi connectivity index (χ0v) is 17.3. The summed E-state index contributed by atoms with van der Waals surface area (Å²) in [5, 5.41) is 2.98. The van der Waals surface area contributed by atoms with Gasteiger partial charge >= 0.3 is 0 Å². The Balaban J connectivity index is 1.79. The van der Waals surface area contributed by atoms with Gasteiger partial charge in [-0.15, -0.1) is 0 Å². The molecule has 1 atom stereocenters. The van der Waals surface area contributed by atoms with E-state index in [1.54, 1.807) is 18.3 Å². The first-order chi connectivity index (χ1) is 14.0. The second-order valence-electron chi connectivity index (χ2n) is 7.11. The van der Waals surface area contributed by atoms with Crippen molar-refractivity contribution in [3.05, 3.63) is 53.5 Å². The number of pyridine rings is 1. The number of rotatable bonds is 7. The molecule has 0 spiro atoms. The number of amides is 1. The van der Waals surface area contributed by atoms with Gasteiger partial charge in [0.2, 0.25) is 5.88 Å². The molecule has 1 saturated heterocycles. The zero-order chi connectivity index (χ0) is 20.8. The SMILES string of the molecule is CCOc1ncccc1C(=O)NC(C)c1cc(F)ccc1N1CCN(CC)CC1. The summed E-state index contributed by atoms with van der Waals surface area (Å²) in [6.45, 7) is 11.0. The summed E-state index contributed by atoms with van der Waals surface area (Å²) in [4.78, 5) is 21.6. The number of hydrogen-bond donors (Lipinski definition) is 1. The van der Waals surface area contributed by atoms with Crippen LogP contribution in [-0.2, 0) is 0 Å². The molecule has 0 radical (unpaired) electrons. The molecule has 1 N–H and O–H groups in total. The van der Waals surface area contributed by atoms with E-state index in [4.69, 9.17) is 4.74 Å². The van der Waals surface area contributed by atoms with Gasteiger partial charge in [-0.25, -0.2) is 9.37 Å². The third kappa shape index (κ3) is 5.03. The highest BCUT2D eigenvalue weighted by Crippen LogP contribution is 2.29. The van der Waals surface area contributed by atoms with Gasteiger partial charge in [0.25, 0.3) is 5.91 Å². The molecule has 2 heterocycles. The Hall–Kier alpha value is -2.67. The number of ether oxygens (including phenoxy) is 1. The molecule has 3 rings (SSSR count). The zero-order valence-electron chi connectivity index (χ0n) is 17.3. The first-order valence-electron chi connectivity index (χ1n) is 10.2. The second kappa shape index (κ2) is 9.69. The van der Waals surface area contributed by atoms with Crippen molar-refractivity contribution in [2.45, 2.75) is 26.8 Å². The summed E-state index contributed by atoms with van der Waals surface area (Å²) in [5.74, 6) is -0.302. The molecule has 2 aromatic rings. The van der Waals surface area contributed by atoms with Crippen LogP contribution in [0.1, 0.15) is 42.7 Å². The van der Waals surface area contributed by atoms with E-state index in [-0.39, 0.29) is 17.8 Å². The maximum Gasteiger partial charge on any atom is 0.257 e. The van der Waals surface area contributed by atoms with Crippen LogP contribution in [0.4, 0.5) is 10.1 Å². The van der Waals surface area contributed by atoms with E-state index in [0.29, 0.717) is 18.1 Å². The summed E-state index contributed by atoms with van der Waals surface area (Å²) >= 11 is 0. The van der Waals surface area contributed by atoms with Crippen molar-refractivity contribution in [3.63, 3.8) is 0 Å². The average Bonchev–Trinajstić information content (AvgIpc) is 2.74. The van der Waals surface area contributed by atoms with E-state index in [1.165, 1.54) is 12.1 Å². The minimum atomic E-state index is -0.368. The number of halogens is 1. The minimum absolute atomic E-state index is 0.292. The molecule has 0 saturated carbocycles. The van der Waals surface area contributed by atoms with Gasteiger partial charge in [0, 0.05) is 43.6 Å². The van der Waals surface area contributed by atoms with Crippen molar-refractivity contribution in [2.75, 3.05) is 44.2 Å². The van der Waals surface area contributed by atoms with Gasteiger partial charge < -0.3 is 19.9 Å². The van der Waals surface area contributed by atoms with E-state index >= 15 is 0 Å². The Morgan fingerprint density at radius 2 is 2.00 bits per heavy atom. The van der Waals surface area contributed by atoms with E-state index in [0.717, 1.165) is 44.0 Å². The monoisotopic (exact) mass is 400 g/mol. The van der Waals surface area contributed by atoms with Gasteiger partial charge in [0.05, 0.1) is 12.6 Å². The van der Waals surface area contributed by atoms with Gasteiger partial charge in [-0.05, 0) is 50.7 Å². The summed E-state index contributed by atoms with van der Waals surface area (Å²) in [6.07, 6.45) is 1.59. The lowest BCUT2D eigenvalue weighted by Crippen LogP contribution is -2.46. The molecule has 29 heavy (non-hydrogen) atoms. The molecule has 0 bridgehead atoms. The maximum atomic E-state index is 14.0. The summed E-state index contributed by atoms with van der Waals surface area (Å²) in [7, 11) is 0. The van der Waals surface area contributed by atoms with Crippen LogP contribution < -0.4 is 15.0 Å². The molecular weight excluding hydrogens is 371 g/mol. The van der Waals surface area contributed by atoms with Crippen molar-refractivity contribution < 1.29 is 13.9 Å². The maximum absolute atomic E-state index is 14.0. The third-order valence-electron chi connectivity index (χ3n) is 5.26. The Labute approximate surface area is 171 Å². The number of carbonyl (C=O) groups is 1. The summed E-state index contributed by atoms with van der Waals surface area (Å²) in [6, 6.07) is 7.81. The summed E-state index contributed by atoms with van der Waals surface area (Å²) in [5.41, 5.74) is 2.10. The molecule has 1 aliphatic heterocycles. The van der Waals surface area contributed by atoms with Crippen LogP contribution in [0.15, 0.2) is 36.5 Å². The predicted octanol–water partition coefficient (Wildman–Crippen LogP) is 3.25. The highest BCUT2D eigenvalue weighted by molar-refractivity contribution is 5.96. The molecule has 1 unspecified atom stereocenters.